The van der Waals surface area contributed by atoms with Gasteiger partial charge in [0.05, 0.1) is 7.11 Å². The summed E-state index contributed by atoms with van der Waals surface area (Å²) in [5, 5.41) is 0. The average Bonchev–Trinajstić information content (AvgIpc) is 2.33. The fourth-order valence-electron chi connectivity index (χ4n) is 1.83. The van der Waals surface area contributed by atoms with Gasteiger partial charge in [-0.2, -0.15) is 0 Å². The number of rotatable bonds is 7. The van der Waals surface area contributed by atoms with Crippen LogP contribution in [0.1, 0.15) is 40.5 Å². The van der Waals surface area contributed by atoms with Gasteiger partial charge in [-0.1, -0.05) is 13.8 Å². The second-order valence-corrected chi connectivity index (χ2v) is 3.74. The van der Waals surface area contributed by atoms with Gasteiger partial charge in [0.2, 0.25) is 0 Å². The van der Waals surface area contributed by atoms with Crippen LogP contribution in [0.25, 0.3) is 0 Å². The molecule has 0 N–H and O–H groups in total. The average molecular weight is 230 g/mol. The molecule has 0 saturated carbocycles. The molecule has 0 aliphatic rings. The Balaban J connectivity index is 4.93. The van der Waals surface area contributed by atoms with Crippen LogP contribution in [0, 0.1) is 5.92 Å². The van der Waals surface area contributed by atoms with Gasteiger partial charge in [0, 0.05) is 6.61 Å². The van der Waals surface area contributed by atoms with Crippen LogP contribution in [-0.2, 0) is 19.1 Å². The Morgan fingerprint density at radius 2 is 1.69 bits per heavy atom. The van der Waals surface area contributed by atoms with Gasteiger partial charge in [0.1, 0.15) is 11.5 Å². The van der Waals surface area contributed by atoms with Gasteiger partial charge in [-0.05, 0) is 26.7 Å². The maximum Gasteiger partial charge on any atom is 0.316 e. The number of carbonyl (C=O) groups is 2. The number of carbonyl (C=O) groups excluding carboxylic acids is 2. The van der Waals surface area contributed by atoms with E-state index in [1.54, 1.807) is 6.92 Å². The Labute approximate surface area is 97.3 Å². The Bertz CT molecular complexity index is 243. The SMILES string of the molecule is CCOC(CC)(CC)C(=O)C(C)C(=O)OC. The summed E-state index contributed by atoms with van der Waals surface area (Å²) in [5.74, 6) is -1.46. The van der Waals surface area contributed by atoms with Crippen LogP contribution in [0.15, 0.2) is 0 Å². The van der Waals surface area contributed by atoms with Gasteiger partial charge < -0.3 is 9.47 Å². The molecule has 0 bridgehead atoms. The lowest BCUT2D eigenvalue weighted by Gasteiger charge is -2.31. The number of methoxy groups -OCH3 is 1. The molecule has 0 aromatic rings. The molecule has 0 fully saturated rings. The van der Waals surface area contributed by atoms with Crippen LogP contribution < -0.4 is 0 Å². The predicted octanol–water partition coefficient (Wildman–Crippen LogP) is 1.96. The van der Waals surface area contributed by atoms with E-state index in [9.17, 15) is 9.59 Å². The molecule has 0 radical (unpaired) electrons. The molecule has 0 aromatic heterocycles. The van der Waals surface area contributed by atoms with Crippen molar-refractivity contribution in [3.05, 3.63) is 0 Å². The third kappa shape index (κ3) is 3.04. The highest BCUT2D eigenvalue weighted by Gasteiger charge is 2.41. The van der Waals surface area contributed by atoms with Gasteiger partial charge in [0.15, 0.2) is 5.78 Å². The van der Waals surface area contributed by atoms with Crippen molar-refractivity contribution in [3.63, 3.8) is 0 Å². The molecule has 0 aromatic carbocycles. The first-order valence-electron chi connectivity index (χ1n) is 5.75. The molecular weight excluding hydrogens is 208 g/mol. The molecule has 0 amide bonds. The number of hydrogen-bond acceptors (Lipinski definition) is 4. The summed E-state index contributed by atoms with van der Waals surface area (Å²) in [6, 6.07) is 0. The summed E-state index contributed by atoms with van der Waals surface area (Å²) in [7, 11) is 1.28. The highest BCUT2D eigenvalue weighted by molar-refractivity contribution is 6.03. The molecule has 1 atom stereocenters. The van der Waals surface area contributed by atoms with Crippen LogP contribution in [0.4, 0.5) is 0 Å². The summed E-state index contributed by atoms with van der Waals surface area (Å²) in [6.07, 6.45) is 1.13. The van der Waals surface area contributed by atoms with Crippen molar-refractivity contribution >= 4 is 11.8 Å². The topological polar surface area (TPSA) is 52.6 Å². The first kappa shape index (κ1) is 15.1. The summed E-state index contributed by atoms with van der Waals surface area (Å²) in [6.45, 7) is 7.65. The number of ether oxygens (including phenoxy) is 2. The summed E-state index contributed by atoms with van der Waals surface area (Å²) in [5.41, 5.74) is -0.845. The monoisotopic (exact) mass is 230 g/mol. The van der Waals surface area contributed by atoms with Crippen molar-refractivity contribution in [2.75, 3.05) is 13.7 Å². The van der Waals surface area contributed by atoms with Crippen LogP contribution in [0.2, 0.25) is 0 Å². The zero-order valence-electron chi connectivity index (χ0n) is 10.8. The van der Waals surface area contributed by atoms with Crippen LogP contribution in [-0.4, -0.2) is 31.1 Å². The molecule has 4 nitrogen and oxygen atoms in total. The van der Waals surface area contributed by atoms with E-state index < -0.39 is 17.5 Å². The van der Waals surface area contributed by atoms with Crippen LogP contribution >= 0.6 is 0 Å². The standard InChI is InChI=1S/C12H22O4/c1-6-12(7-2,16-8-3)10(13)9(4)11(14)15-5/h9H,6-8H2,1-5H3. The smallest absolute Gasteiger partial charge is 0.316 e. The largest absolute Gasteiger partial charge is 0.468 e. The molecule has 0 aliphatic carbocycles. The maximum absolute atomic E-state index is 12.2. The lowest BCUT2D eigenvalue weighted by atomic mass is 9.85. The van der Waals surface area contributed by atoms with Crippen molar-refractivity contribution in [1.82, 2.24) is 0 Å². The second kappa shape index (κ2) is 6.63. The zero-order chi connectivity index (χ0) is 12.8. The van der Waals surface area contributed by atoms with E-state index in [2.05, 4.69) is 4.74 Å². The Hall–Kier alpha value is -0.900. The van der Waals surface area contributed by atoms with E-state index in [0.29, 0.717) is 19.4 Å². The third-order valence-corrected chi connectivity index (χ3v) is 2.96. The van der Waals surface area contributed by atoms with Crippen molar-refractivity contribution < 1.29 is 19.1 Å². The molecule has 0 aliphatic heterocycles. The highest BCUT2D eigenvalue weighted by Crippen LogP contribution is 2.25. The van der Waals surface area contributed by atoms with Crippen molar-refractivity contribution in [2.24, 2.45) is 5.92 Å². The minimum absolute atomic E-state index is 0.189. The molecule has 0 spiro atoms. The van der Waals surface area contributed by atoms with Gasteiger partial charge in [-0.15, -0.1) is 0 Å². The lowest BCUT2D eigenvalue weighted by Crippen LogP contribution is -2.45. The van der Waals surface area contributed by atoms with E-state index in [1.165, 1.54) is 7.11 Å². The van der Waals surface area contributed by atoms with E-state index in [-0.39, 0.29) is 5.78 Å². The van der Waals surface area contributed by atoms with Crippen molar-refractivity contribution in [3.8, 4) is 0 Å². The molecule has 1 unspecified atom stereocenters. The second-order valence-electron chi connectivity index (χ2n) is 3.74. The predicted molar refractivity (Wildman–Crippen MR) is 61.1 cm³/mol. The number of esters is 1. The fourth-order valence-corrected chi connectivity index (χ4v) is 1.83. The van der Waals surface area contributed by atoms with Crippen molar-refractivity contribution in [2.45, 2.75) is 46.1 Å². The molecule has 94 valence electrons. The highest BCUT2D eigenvalue weighted by atomic mass is 16.5. The normalized spacial score (nSPS) is 13.3. The first-order valence-corrected chi connectivity index (χ1v) is 5.75. The number of ketones is 1. The lowest BCUT2D eigenvalue weighted by molar-refractivity contribution is -0.159. The van der Waals surface area contributed by atoms with Gasteiger partial charge >= 0.3 is 5.97 Å². The maximum atomic E-state index is 12.2. The fraction of sp³-hybridized carbons (Fsp3) is 0.833. The summed E-state index contributed by atoms with van der Waals surface area (Å²) in [4.78, 5) is 23.5. The summed E-state index contributed by atoms with van der Waals surface area (Å²) < 4.78 is 10.1. The van der Waals surface area contributed by atoms with Crippen LogP contribution in [0.5, 0.6) is 0 Å². The molecule has 16 heavy (non-hydrogen) atoms. The molecular formula is C12H22O4. The Kier molecular flexibility index (Phi) is 6.26. The van der Waals surface area contributed by atoms with Crippen molar-refractivity contribution in [1.29, 1.82) is 0 Å². The number of Topliss-reactive ketones (excluding diaryl/α,β-unsaturated/α-hetero) is 1. The van der Waals surface area contributed by atoms with Gasteiger partial charge in [-0.3, -0.25) is 9.59 Å². The van der Waals surface area contributed by atoms with Gasteiger partial charge in [-0.25, -0.2) is 0 Å². The van der Waals surface area contributed by atoms with Crippen LogP contribution in [0.3, 0.4) is 0 Å². The van der Waals surface area contributed by atoms with Gasteiger partial charge in [0.25, 0.3) is 0 Å². The first-order chi connectivity index (χ1) is 7.48. The molecule has 0 rings (SSSR count). The Morgan fingerprint density at radius 3 is 2.00 bits per heavy atom. The third-order valence-electron chi connectivity index (χ3n) is 2.96. The minimum Gasteiger partial charge on any atom is -0.468 e. The molecule has 0 heterocycles. The Morgan fingerprint density at radius 1 is 1.19 bits per heavy atom. The van der Waals surface area contributed by atoms with E-state index >= 15 is 0 Å². The summed E-state index contributed by atoms with van der Waals surface area (Å²) >= 11 is 0. The van der Waals surface area contributed by atoms with E-state index in [1.807, 2.05) is 20.8 Å². The minimum atomic E-state index is -0.845. The quantitative estimate of drug-likeness (QED) is 0.495. The zero-order valence-corrected chi connectivity index (χ0v) is 10.8. The van der Waals surface area contributed by atoms with E-state index in [0.717, 1.165) is 0 Å². The molecule has 0 saturated heterocycles. The van der Waals surface area contributed by atoms with E-state index in [4.69, 9.17) is 4.74 Å². The molecule has 4 heteroatoms. The number of hydrogen-bond donors (Lipinski definition) is 0.